The van der Waals surface area contributed by atoms with Gasteiger partial charge in [-0.3, -0.25) is 0 Å². The zero-order valence-corrected chi connectivity index (χ0v) is 18.8. The van der Waals surface area contributed by atoms with Crippen LogP contribution in [0.1, 0.15) is 103 Å². The number of hydrogen-bond donors (Lipinski definition) is 1. The molecule has 0 saturated heterocycles. The van der Waals surface area contributed by atoms with E-state index in [1.165, 1.54) is 32.1 Å². The van der Waals surface area contributed by atoms with Crippen LogP contribution in [0.2, 0.25) is 0 Å². The van der Waals surface area contributed by atoms with Crippen LogP contribution in [0.5, 0.6) is 0 Å². The molecule has 1 atom stereocenters. The van der Waals surface area contributed by atoms with Crippen molar-refractivity contribution in [3.05, 3.63) is 0 Å². The Hall–Kier alpha value is 0.870. The Bertz CT molecular complexity index is 347. The molecule has 0 spiro atoms. The van der Waals surface area contributed by atoms with Crippen molar-refractivity contribution in [2.45, 2.75) is 108 Å². The molecule has 24 heavy (non-hydrogen) atoms. The summed E-state index contributed by atoms with van der Waals surface area (Å²) in [5, 5.41) is 8.02. The van der Waals surface area contributed by atoms with Crippen molar-refractivity contribution in [1.82, 2.24) is 0 Å². The van der Waals surface area contributed by atoms with Gasteiger partial charge in [0, 0.05) is 11.9 Å². The third-order valence-corrected chi connectivity index (χ3v) is 5.76. The minimum Gasteiger partial charge on any atom is -0.748 e. The average molecular weight is 373 g/mol. The van der Waals surface area contributed by atoms with Crippen LogP contribution in [0.3, 0.4) is 0 Å². The monoisotopic (exact) mass is 372 g/mol. The van der Waals surface area contributed by atoms with Crippen molar-refractivity contribution in [3.63, 3.8) is 0 Å². The van der Waals surface area contributed by atoms with Crippen molar-refractivity contribution in [1.29, 1.82) is 0 Å². The van der Waals surface area contributed by atoms with Crippen LogP contribution in [0.15, 0.2) is 0 Å². The van der Waals surface area contributed by atoms with Gasteiger partial charge in [0.1, 0.15) is 0 Å². The van der Waals surface area contributed by atoms with Crippen LogP contribution in [-0.4, -0.2) is 29.9 Å². The molecule has 0 aromatic carbocycles. The molecule has 0 aliphatic carbocycles. The van der Waals surface area contributed by atoms with Gasteiger partial charge in [-0.25, -0.2) is 8.42 Å². The van der Waals surface area contributed by atoms with E-state index in [2.05, 4.69) is 6.92 Å². The first-order valence-electron chi connectivity index (χ1n) is 9.58. The fraction of sp³-hybridized carbons (Fsp3) is 1.00. The van der Waals surface area contributed by atoms with Gasteiger partial charge in [0.15, 0.2) is 0 Å². The van der Waals surface area contributed by atoms with Gasteiger partial charge in [0.25, 0.3) is 0 Å². The number of unbranched alkanes of at least 4 members (excludes halogenated alkanes) is 11. The van der Waals surface area contributed by atoms with E-state index in [1.807, 2.05) is 0 Å². The standard InChI is InChI=1S/C18H38O4S.Na/c1-2-3-12-15-18(23(20,21)22)16-13-10-8-6-4-5-7-9-11-14-17-19;/h18-19H,2-17H2,1H3,(H,20,21,22);/q;+1/p-1. The van der Waals surface area contributed by atoms with E-state index >= 15 is 0 Å². The Morgan fingerprint density at radius 3 is 1.50 bits per heavy atom. The summed E-state index contributed by atoms with van der Waals surface area (Å²) in [4.78, 5) is 0. The molecule has 0 bridgehead atoms. The maximum Gasteiger partial charge on any atom is 1.00 e. The van der Waals surface area contributed by atoms with E-state index in [9.17, 15) is 13.0 Å². The van der Waals surface area contributed by atoms with E-state index in [0.717, 1.165) is 51.4 Å². The molecule has 0 aromatic heterocycles. The predicted octanol–water partition coefficient (Wildman–Crippen LogP) is 1.77. The fourth-order valence-corrected chi connectivity index (χ4v) is 3.86. The van der Waals surface area contributed by atoms with Crippen molar-refractivity contribution >= 4 is 10.1 Å². The third kappa shape index (κ3) is 17.7. The summed E-state index contributed by atoms with van der Waals surface area (Å²) >= 11 is 0. The molecule has 140 valence electrons. The maximum atomic E-state index is 11.3. The Kier molecular flexibility index (Phi) is 21.1. The molecule has 0 aromatic rings. The van der Waals surface area contributed by atoms with Crippen molar-refractivity contribution in [3.8, 4) is 0 Å². The second-order valence-electron chi connectivity index (χ2n) is 6.66. The van der Waals surface area contributed by atoms with Crippen molar-refractivity contribution in [2.75, 3.05) is 6.61 Å². The van der Waals surface area contributed by atoms with Gasteiger partial charge in [0.2, 0.25) is 0 Å². The molecule has 0 saturated carbocycles. The maximum absolute atomic E-state index is 11.3. The Balaban J connectivity index is 0. The second kappa shape index (κ2) is 18.7. The first-order valence-corrected chi connectivity index (χ1v) is 11.0. The average Bonchev–Trinajstić information content (AvgIpc) is 2.49. The second-order valence-corrected chi connectivity index (χ2v) is 8.31. The Morgan fingerprint density at radius 2 is 1.12 bits per heavy atom. The molecule has 0 radical (unpaired) electrons. The zero-order valence-electron chi connectivity index (χ0n) is 16.0. The van der Waals surface area contributed by atoms with Gasteiger partial charge in [0.05, 0.1) is 10.1 Å². The summed E-state index contributed by atoms with van der Waals surface area (Å²) in [6.45, 7) is 2.38. The zero-order chi connectivity index (χ0) is 17.4. The molecule has 1 N–H and O–H groups in total. The third-order valence-electron chi connectivity index (χ3n) is 4.47. The van der Waals surface area contributed by atoms with Crippen molar-refractivity contribution in [2.24, 2.45) is 0 Å². The molecule has 6 heteroatoms. The van der Waals surface area contributed by atoms with Crippen LogP contribution in [0.25, 0.3) is 0 Å². The number of rotatable bonds is 17. The molecular weight excluding hydrogens is 335 g/mol. The van der Waals surface area contributed by atoms with Gasteiger partial charge in [-0.1, -0.05) is 84.0 Å². The van der Waals surface area contributed by atoms with Crippen LogP contribution in [0, 0.1) is 0 Å². The van der Waals surface area contributed by atoms with Gasteiger partial charge in [-0.2, -0.15) is 0 Å². The summed E-state index contributed by atoms with van der Waals surface area (Å²) in [5.74, 6) is 0. The molecule has 0 rings (SSSR count). The first kappa shape index (κ1) is 27.1. The van der Waals surface area contributed by atoms with E-state index in [1.54, 1.807) is 0 Å². The molecular formula is C18H37NaO4S. The molecule has 0 heterocycles. The summed E-state index contributed by atoms with van der Waals surface area (Å²) in [5.41, 5.74) is 0. The van der Waals surface area contributed by atoms with E-state index in [4.69, 9.17) is 5.11 Å². The van der Waals surface area contributed by atoms with Crippen LogP contribution in [0.4, 0.5) is 0 Å². The Labute approximate surface area is 172 Å². The normalized spacial score (nSPS) is 12.8. The molecule has 0 fully saturated rings. The summed E-state index contributed by atoms with van der Waals surface area (Å²) < 4.78 is 33.8. The van der Waals surface area contributed by atoms with Gasteiger partial charge in [-0.05, 0) is 19.3 Å². The van der Waals surface area contributed by atoms with Crippen LogP contribution < -0.4 is 29.6 Å². The fourth-order valence-electron chi connectivity index (χ4n) is 2.95. The molecule has 0 amide bonds. The smallest absolute Gasteiger partial charge is 0.748 e. The molecule has 0 aliphatic heterocycles. The topological polar surface area (TPSA) is 77.4 Å². The van der Waals surface area contributed by atoms with Gasteiger partial charge in [-0.15, -0.1) is 0 Å². The largest absolute Gasteiger partial charge is 1.00 e. The number of aliphatic hydroxyl groups excluding tert-OH is 1. The number of aliphatic hydroxyl groups is 1. The quantitative estimate of drug-likeness (QED) is 0.240. The minimum atomic E-state index is -4.13. The van der Waals surface area contributed by atoms with E-state index < -0.39 is 15.4 Å². The van der Waals surface area contributed by atoms with E-state index in [0.29, 0.717) is 19.4 Å². The summed E-state index contributed by atoms with van der Waals surface area (Å²) in [7, 11) is -4.13. The predicted molar refractivity (Wildman–Crippen MR) is 95.5 cm³/mol. The van der Waals surface area contributed by atoms with Gasteiger partial charge < -0.3 is 9.66 Å². The molecule has 0 aliphatic rings. The molecule has 1 unspecified atom stereocenters. The van der Waals surface area contributed by atoms with Gasteiger partial charge >= 0.3 is 29.6 Å². The van der Waals surface area contributed by atoms with E-state index in [-0.39, 0.29) is 29.6 Å². The summed E-state index contributed by atoms with van der Waals surface area (Å²) in [6.07, 6.45) is 15.2. The van der Waals surface area contributed by atoms with Crippen LogP contribution in [-0.2, 0) is 10.1 Å². The Morgan fingerprint density at radius 1 is 0.750 bits per heavy atom. The van der Waals surface area contributed by atoms with Crippen LogP contribution >= 0.6 is 0 Å². The van der Waals surface area contributed by atoms with Crippen molar-refractivity contribution < 1.29 is 47.6 Å². The summed E-state index contributed by atoms with van der Waals surface area (Å²) in [6, 6.07) is 0. The minimum absolute atomic E-state index is 0. The SMILES string of the molecule is CCCCCC(CCCCCCCCCCCCO)S(=O)(=O)[O-].[Na+]. The number of hydrogen-bond acceptors (Lipinski definition) is 4. The first-order chi connectivity index (χ1) is 11.0. The molecule has 4 nitrogen and oxygen atoms in total.